The first-order valence-electron chi connectivity index (χ1n) is 6.16. The van der Waals surface area contributed by atoms with Gasteiger partial charge in [0.1, 0.15) is 16.5 Å². The number of nitrogens with zero attached hydrogens (tertiary/aromatic N) is 3. The lowest BCUT2D eigenvalue weighted by molar-refractivity contribution is 0.102. The highest BCUT2D eigenvalue weighted by atomic mass is 32.1. The Bertz CT molecular complexity index is 597. The molecule has 2 aromatic rings. The molecule has 106 valence electrons. The first-order chi connectivity index (χ1) is 9.58. The summed E-state index contributed by atoms with van der Waals surface area (Å²) in [6, 6.07) is 4.97. The number of amides is 1. The standard InChI is InChI=1S/C12H16N6OS/c1-7(2)6-10-17-18-12(20-10)15-11(19)8-4-3-5-9(14-8)16-13/h3-5,7H,6,13H2,1-2H3,(H,14,16)(H,15,18,19). The molecule has 2 rings (SSSR count). The van der Waals surface area contributed by atoms with Gasteiger partial charge >= 0.3 is 0 Å². The van der Waals surface area contributed by atoms with Gasteiger partial charge < -0.3 is 5.43 Å². The van der Waals surface area contributed by atoms with E-state index in [0.29, 0.717) is 16.9 Å². The first-order valence-corrected chi connectivity index (χ1v) is 6.97. The third-order valence-corrected chi connectivity index (χ3v) is 3.26. The molecule has 4 N–H and O–H groups in total. The Labute approximate surface area is 120 Å². The second-order valence-corrected chi connectivity index (χ2v) is 5.67. The topological polar surface area (TPSA) is 106 Å². The molecule has 0 unspecified atom stereocenters. The molecule has 1 amide bonds. The van der Waals surface area contributed by atoms with Crippen molar-refractivity contribution in [3.05, 3.63) is 28.9 Å². The van der Waals surface area contributed by atoms with E-state index in [-0.39, 0.29) is 11.6 Å². The Kier molecular flexibility index (Phi) is 4.59. The summed E-state index contributed by atoms with van der Waals surface area (Å²) >= 11 is 1.37. The minimum atomic E-state index is -0.339. The Morgan fingerprint density at radius 1 is 1.40 bits per heavy atom. The molecule has 7 nitrogen and oxygen atoms in total. The average Bonchev–Trinajstić information content (AvgIpc) is 2.85. The fraction of sp³-hybridized carbons (Fsp3) is 0.333. The number of aromatic nitrogens is 3. The van der Waals surface area contributed by atoms with Gasteiger partial charge in [-0.25, -0.2) is 10.8 Å². The van der Waals surface area contributed by atoms with E-state index in [2.05, 4.69) is 39.8 Å². The zero-order valence-corrected chi connectivity index (χ0v) is 12.1. The molecule has 0 aromatic carbocycles. The van der Waals surface area contributed by atoms with Crippen LogP contribution in [0.25, 0.3) is 0 Å². The largest absolute Gasteiger partial charge is 0.308 e. The van der Waals surface area contributed by atoms with Crippen LogP contribution in [0.4, 0.5) is 10.9 Å². The first kappa shape index (κ1) is 14.4. The molecule has 0 saturated heterocycles. The predicted molar refractivity (Wildman–Crippen MR) is 78.5 cm³/mol. The maximum atomic E-state index is 12.0. The third-order valence-electron chi connectivity index (χ3n) is 2.40. The van der Waals surface area contributed by atoms with Crippen LogP contribution in [-0.2, 0) is 6.42 Å². The highest BCUT2D eigenvalue weighted by molar-refractivity contribution is 7.15. The number of hydrogen-bond acceptors (Lipinski definition) is 7. The van der Waals surface area contributed by atoms with Crippen molar-refractivity contribution in [1.82, 2.24) is 15.2 Å². The lowest BCUT2D eigenvalue weighted by Crippen LogP contribution is -2.16. The number of nitrogen functional groups attached to an aromatic ring is 1. The van der Waals surface area contributed by atoms with E-state index >= 15 is 0 Å². The van der Waals surface area contributed by atoms with E-state index in [1.54, 1.807) is 18.2 Å². The summed E-state index contributed by atoms with van der Waals surface area (Å²) in [7, 11) is 0. The van der Waals surface area contributed by atoms with Crippen molar-refractivity contribution in [3.8, 4) is 0 Å². The Balaban J connectivity index is 2.05. The van der Waals surface area contributed by atoms with Crippen LogP contribution >= 0.6 is 11.3 Å². The molecule has 0 aliphatic carbocycles. The summed E-state index contributed by atoms with van der Waals surface area (Å²) in [6.45, 7) is 4.21. The maximum absolute atomic E-state index is 12.0. The van der Waals surface area contributed by atoms with E-state index in [0.717, 1.165) is 11.4 Å². The SMILES string of the molecule is CC(C)Cc1nnc(NC(=O)c2cccc(NN)n2)s1. The second-order valence-electron chi connectivity index (χ2n) is 4.61. The smallest absolute Gasteiger partial charge is 0.276 e. The average molecular weight is 292 g/mol. The zero-order valence-electron chi connectivity index (χ0n) is 11.3. The number of anilines is 2. The summed E-state index contributed by atoms with van der Waals surface area (Å²) in [5.41, 5.74) is 2.66. The lowest BCUT2D eigenvalue weighted by Gasteiger charge is -2.03. The monoisotopic (exact) mass is 292 g/mol. The normalized spacial score (nSPS) is 10.6. The molecular formula is C12H16N6OS. The fourth-order valence-electron chi connectivity index (χ4n) is 1.54. The molecule has 0 saturated carbocycles. The highest BCUT2D eigenvalue weighted by Crippen LogP contribution is 2.18. The van der Waals surface area contributed by atoms with E-state index in [4.69, 9.17) is 5.84 Å². The molecule has 0 atom stereocenters. The second kappa shape index (κ2) is 6.40. The van der Waals surface area contributed by atoms with Gasteiger partial charge in [0, 0.05) is 6.42 Å². The van der Waals surface area contributed by atoms with Crippen LogP contribution in [0.15, 0.2) is 18.2 Å². The van der Waals surface area contributed by atoms with Gasteiger partial charge in [0.25, 0.3) is 5.91 Å². The van der Waals surface area contributed by atoms with Crippen molar-refractivity contribution in [2.24, 2.45) is 11.8 Å². The Morgan fingerprint density at radius 3 is 2.90 bits per heavy atom. The van der Waals surface area contributed by atoms with Crippen molar-refractivity contribution in [3.63, 3.8) is 0 Å². The van der Waals surface area contributed by atoms with Crippen LogP contribution in [0, 0.1) is 5.92 Å². The fourth-order valence-corrected chi connectivity index (χ4v) is 2.49. The summed E-state index contributed by atoms with van der Waals surface area (Å²) in [6.07, 6.45) is 0.846. The quantitative estimate of drug-likeness (QED) is 0.572. The van der Waals surface area contributed by atoms with Crippen LogP contribution in [0.2, 0.25) is 0 Å². The van der Waals surface area contributed by atoms with Gasteiger partial charge in [-0.05, 0) is 18.1 Å². The molecule has 2 heterocycles. The molecule has 0 aliphatic heterocycles. The molecule has 0 radical (unpaired) electrons. The van der Waals surface area contributed by atoms with Gasteiger partial charge in [-0.2, -0.15) is 0 Å². The van der Waals surface area contributed by atoms with Crippen molar-refractivity contribution in [2.45, 2.75) is 20.3 Å². The minimum absolute atomic E-state index is 0.265. The number of nitrogens with one attached hydrogen (secondary N) is 2. The zero-order chi connectivity index (χ0) is 14.5. The van der Waals surface area contributed by atoms with E-state index in [9.17, 15) is 4.79 Å². The predicted octanol–water partition coefficient (Wildman–Crippen LogP) is 1.67. The molecule has 8 heteroatoms. The van der Waals surface area contributed by atoms with Crippen molar-refractivity contribution in [2.75, 3.05) is 10.7 Å². The number of hydrogen-bond donors (Lipinski definition) is 3. The summed E-state index contributed by atoms with van der Waals surface area (Å²) in [4.78, 5) is 16.1. The van der Waals surface area contributed by atoms with E-state index in [1.165, 1.54) is 11.3 Å². The van der Waals surface area contributed by atoms with Crippen LogP contribution in [0.3, 0.4) is 0 Å². The number of pyridine rings is 1. The van der Waals surface area contributed by atoms with Crippen LogP contribution in [0.5, 0.6) is 0 Å². The van der Waals surface area contributed by atoms with Crippen LogP contribution < -0.4 is 16.6 Å². The molecule has 20 heavy (non-hydrogen) atoms. The molecule has 0 spiro atoms. The molecule has 0 bridgehead atoms. The molecule has 2 aromatic heterocycles. The van der Waals surface area contributed by atoms with Crippen molar-refractivity contribution < 1.29 is 4.79 Å². The summed E-state index contributed by atoms with van der Waals surface area (Å²) < 4.78 is 0. The summed E-state index contributed by atoms with van der Waals surface area (Å²) in [5.74, 6) is 5.84. The van der Waals surface area contributed by atoms with Crippen molar-refractivity contribution in [1.29, 1.82) is 0 Å². The van der Waals surface area contributed by atoms with Gasteiger partial charge in [-0.1, -0.05) is 31.3 Å². The van der Waals surface area contributed by atoms with E-state index < -0.39 is 0 Å². The number of carbonyl (C=O) groups is 1. The number of nitrogens with two attached hydrogens (primary N) is 1. The number of carbonyl (C=O) groups excluding carboxylic acids is 1. The van der Waals surface area contributed by atoms with Gasteiger partial charge in [-0.15, -0.1) is 10.2 Å². The van der Waals surface area contributed by atoms with Crippen LogP contribution in [-0.4, -0.2) is 21.1 Å². The molecular weight excluding hydrogens is 276 g/mol. The van der Waals surface area contributed by atoms with Gasteiger partial charge in [0.15, 0.2) is 0 Å². The Morgan fingerprint density at radius 2 is 2.20 bits per heavy atom. The number of rotatable bonds is 5. The van der Waals surface area contributed by atoms with Crippen LogP contribution in [0.1, 0.15) is 29.3 Å². The van der Waals surface area contributed by atoms with Gasteiger partial charge in [-0.3, -0.25) is 10.1 Å². The minimum Gasteiger partial charge on any atom is -0.308 e. The number of hydrazine groups is 1. The van der Waals surface area contributed by atoms with Gasteiger partial charge in [0.05, 0.1) is 0 Å². The molecule has 0 aliphatic rings. The van der Waals surface area contributed by atoms with E-state index in [1.807, 2.05) is 0 Å². The lowest BCUT2D eigenvalue weighted by atomic mass is 10.1. The molecule has 0 fully saturated rings. The van der Waals surface area contributed by atoms with Crippen molar-refractivity contribution >= 4 is 28.2 Å². The Hall–Kier alpha value is -2.06. The summed E-state index contributed by atoms with van der Waals surface area (Å²) in [5, 5.41) is 12.0. The highest BCUT2D eigenvalue weighted by Gasteiger charge is 2.12. The maximum Gasteiger partial charge on any atom is 0.276 e. The third kappa shape index (κ3) is 3.72. The van der Waals surface area contributed by atoms with Gasteiger partial charge in [0.2, 0.25) is 5.13 Å².